The van der Waals surface area contributed by atoms with Crippen LogP contribution in [0, 0.1) is 0 Å². The van der Waals surface area contributed by atoms with Gasteiger partial charge >= 0.3 is 0 Å². The minimum Gasteiger partial charge on any atom is -0.493 e. The van der Waals surface area contributed by atoms with Gasteiger partial charge in [0.25, 0.3) is 5.91 Å². The van der Waals surface area contributed by atoms with E-state index in [1.165, 1.54) is 21.3 Å². The highest BCUT2D eigenvalue weighted by Gasteiger charge is 2.25. The minimum atomic E-state index is -0.0646. The van der Waals surface area contributed by atoms with Gasteiger partial charge in [0.2, 0.25) is 5.75 Å². The van der Waals surface area contributed by atoms with Gasteiger partial charge in [0, 0.05) is 54.0 Å². The molecule has 0 spiro atoms. The molecule has 0 radical (unpaired) electrons. The number of carbonyl (C=O) groups excluding carboxylic acids is 1. The van der Waals surface area contributed by atoms with Crippen molar-refractivity contribution in [2.45, 2.75) is 0 Å². The summed E-state index contributed by atoms with van der Waals surface area (Å²) in [5, 5.41) is 1.72. The number of carbonyl (C=O) groups is 1. The molecule has 0 bridgehead atoms. The van der Waals surface area contributed by atoms with Gasteiger partial charge in [-0.05, 0) is 36.4 Å². The van der Waals surface area contributed by atoms with E-state index in [2.05, 4.69) is 9.88 Å². The van der Waals surface area contributed by atoms with Crippen molar-refractivity contribution in [1.29, 1.82) is 0 Å². The molecular weight excluding hydrogens is 418 g/mol. The van der Waals surface area contributed by atoms with E-state index >= 15 is 0 Å². The van der Waals surface area contributed by atoms with E-state index in [4.69, 9.17) is 25.8 Å². The van der Waals surface area contributed by atoms with Gasteiger partial charge in [-0.2, -0.15) is 0 Å². The summed E-state index contributed by atoms with van der Waals surface area (Å²) in [7, 11) is 4.62. The van der Waals surface area contributed by atoms with E-state index in [1.54, 1.807) is 18.3 Å². The highest BCUT2D eigenvalue weighted by Crippen LogP contribution is 2.38. The van der Waals surface area contributed by atoms with Crippen LogP contribution in [0.4, 0.5) is 5.69 Å². The molecule has 162 valence electrons. The average Bonchev–Trinajstić information content (AvgIpc) is 2.82. The highest BCUT2D eigenvalue weighted by atomic mass is 35.5. The van der Waals surface area contributed by atoms with Crippen LogP contribution in [0.1, 0.15) is 10.4 Å². The molecule has 3 aromatic rings. The summed E-state index contributed by atoms with van der Waals surface area (Å²) in [4.78, 5) is 21.7. The van der Waals surface area contributed by atoms with Gasteiger partial charge < -0.3 is 24.0 Å². The quantitative estimate of drug-likeness (QED) is 0.598. The Balaban J connectivity index is 1.52. The van der Waals surface area contributed by atoms with E-state index in [9.17, 15) is 4.79 Å². The van der Waals surface area contributed by atoms with Crippen LogP contribution in [-0.4, -0.2) is 63.3 Å². The molecule has 0 saturated carbocycles. The predicted molar refractivity (Wildman–Crippen MR) is 121 cm³/mol. The van der Waals surface area contributed by atoms with Crippen LogP contribution >= 0.6 is 11.6 Å². The zero-order chi connectivity index (χ0) is 22.0. The molecule has 0 unspecified atom stereocenters. The zero-order valence-electron chi connectivity index (χ0n) is 17.7. The number of anilines is 1. The molecule has 0 aliphatic carbocycles. The molecule has 1 aromatic heterocycles. The number of methoxy groups -OCH3 is 3. The zero-order valence-corrected chi connectivity index (χ0v) is 18.5. The molecule has 0 N–H and O–H groups in total. The van der Waals surface area contributed by atoms with Crippen LogP contribution in [0.15, 0.2) is 42.6 Å². The summed E-state index contributed by atoms with van der Waals surface area (Å²) in [5.74, 6) is 1.33. The first kappa shape index (κ1) is 21.1. The van der Waals surface area contributed by atoms with Gasteiger partial charge in [0.05, 0.1) is 26.8 Å². The van der Waals surface area contributed by atoms with Gasteiger partial charge in [-0.15, -0.1) is 0 Å². The second kappa shape index (κ2) is 8.89. The van der Waals surface area contributed by atoms with Crippen molar-refractivity contribution in [2.24, 2.45) is 0 Å². The molecule has 7 nitrogen and oxygen atoms in total. The van der Waals surface area contributed by atoms with Crippen molar-refractivity contribution < 1.29 is 19.0 Å². The first-order valence-corrected chi connectivity index (χ1v) is 10.3. The van der Waals surface area contributed by atoms with E-state index < -0.39 is 0 Å². The smallest absolute Gasteiger partial charge is 0.254 e. The number of nitrogens with zero attached hydrogens (tertiary/aromatic N) is 3. The first-order valence-electron chi connectivity index (χ1n) is 9.94. The van der Waals surface area contributed by atoms with E-state index in [-0.39, 0.29) is 5.91 Å². The first-order chi connectivity index (χ1) is 15.0. The van der Waals surface area contributed by atoms with Crippen LogP contribution in [0.3, 0.4) is 0 Å². The van der Waals surface area contributed by atoms with Crippen molar-refractivity contribution in [3.63, 3.8) is 0 Å². The maximum absolute atomic E-state index is 13.2. The van der Waals surface area contributed by atoms with Crippen LogP contribution in [0.2, 0.25) is 5.02 Å². The van der Waals surface area contributed by atoms with Crippen molar-refractivity contribution in [3.8, 4) is 17.2 Å². The monoisotopic (exact) mass is 441 g/mol. The fraction of sp³-hybridized carbons (Fsp3) is 0.304. The molecular formula is C23H24ClN3O4. The Morgan fingerprint density at radius 3 is 2.23 bits per heavy atom. The lowest BCUT2D eigenvalue weighted by atomic mass is 10.1. The summed E-state index contributed by atoms with van der Waals surface area (Å²) in [6.07, 6.45) is 1.79. The lowest BCUT2D eigenvalue weighted by Crippen LogP contribution is -2.48. The number of piperazine rings is 1. The van der Waals surface area contributed by atoms with E-state index in [1.807, 2.05) is 29.2 Å². The Bertz CT molecular complexity index is 1090. The second-order valence-corrected chi connectivity index (χ2v) is 7.62. The van der Waals surface area contributed by atoms with Crippen molar-refractivity contribution in [1.82, 2.24) is 9.88 Å². The van der Waals surface area contributed by atoms with Gasteiger partial charge in [-0.3, -0.25) is 9.78 Å². The maximum atomic E-state index is 13.2. The molecule has 0 atom stereocenters. The number of halogens is 1. The SMILES string of the molecule is COc1cc(C(=O)N2CCN(c3ccnc4cc(Cl)ccc34)CC2)cc(OC)c1OC. The number of ether oxygens (including phenoxy) is 3. The fourth-order valence-corrected chi connectivity index (χ4v) is 4.09. The number of benzene rings is 2. The fourth-order valence-electron chi connectivity index (χ4n) is 3.92. The summed E-state index contributed by atoms with van der Waals surface area (Å²) < 4.78 is 16.1. The predicted octanol–water partition coefficient (Wildman–Crippen LogP) is 3.88. The maximum Gasteiger partial charge on any atom is 0.254 e. The van der Waals surface area contributed by atoms with Gasteiger partial charge in [-0.25, -0.2) is 0 Å². The van der Waals surface area contributed by atoms with Crippen LogP contribution < -0.4 is 19.1 Å². The normalized spacial score (nSPS) is 13.9. The molecule has 4 rings (SSSR count). The van der Waals surface area contributed by atoms with Crippen LogP contribution in [-0.2, 0) is 0 Å². The third-order valence-electron chi connectivity index (χ3n) is 5.50. The lowest BCUT2D eigenvalue weighted by Gasteiger charge is -2.36. The number of pyridine rings is 1. The Kier molecular flexibility index (Phi) is 6.04. The molecule has 1 aliphatic heterocycles. The summed E-state index contributed by atoms with van der Waals surface area (Å²) in [6, 6.07) is 11.1. The third-order valence-corrected chi connectivity index (χ3v) is 5.74. The summed E-state index contributed by atoms with van der Waals surface area (Å²) in [6.45, 7) is 2.65. The van der Waals surface area contributed by atoms with Crippen LogP contribution in [0.25, 0.3) is 10.9 Å². The minimum absolute atomic E-state index is 0.0646. The summed E-state index contributed by atoms with van der Waals surface area (Å²) in [5.41, 5.74) is 2.47. The second-order valence-electron chi connectivity index (χ2n) is 7.18. The van der Waals surface area contributed by atoms with Gasteiger partial charge in [0.1, 0.15) is 0 Å². The number of rotatable bonds is 5. The molecule has 31 heavy (non-hydrogen) atoms. The molecule has 1 amide bonds. The standard InChI is InChI=1S/C23H24ClN3O4/c1-29-20-12-15(13-21(30-2)22(20)31-3)23(28)27-10-8-26(9-11-27)19-6-7-25-18-14-16(24)4-5-17(18)19/h4-7,12-14H,8-11H2,1-3H3. The molecule has 2 heterocycles. The van der Waals surface area contributed by atoms with E-state index in [0.717, 1.165) is 29.7 Å². The highest BCUT2D eigenvalue weighted by molar-refractivity contribution is 6.31. The van der Waals surface area contributed by atoms with Gasteiger partial charge in [-0.1, -0.05) is 11.6 Å². The molecule has 2 aromatic carbocycles. The lowest BCUT2D eigenvalue weighted by molar-refractivity contribution is 0.0746. The Morgan fingerprint density at radius 1 is 0.935 bits per heavy atom. The van der Waals surface area contributed by atoms with Crippen LogP contribution in [0.5, 0.6) is 17.2 Å². The number of hydrogen-bond acceptors (Lipinski definition) is 6. The number of aromatic nitrogens is 1. The molecule has 1 saturated heterocycles. The average molecular weight is 442 g/mol. The molecule has 1 fully saturated rings. The van der Waals surface area contributed by atoms with Gasteiger partial charge in [0.15, 0.2) is 11.5 Å². The Morgan fingerprint density at radius 2 is 1.61 bits per heavy atom. The largest absolute Gasteiger partial charge is 0.493 e. The third kappa shape index (κ3) is 4.05. The van der Waals surface area contributed by atoms with E-state index in [0.29, 0.717) is 40.9 Å². The molecule has 1 aliphatic rings. The van der Waals surface area contributed by atoms with Crippen molar-refractivity contribution >= 4 is 34.1 Å². The number of hydrogen-bond donors (Lipinski definition) is 0. The Labute approximate surface area is 186 Å². The number of fused-ring (bicyclic) bond motifs is 1. The topological polar surface area (TPSA) is 64.1 Å². The Hall–Kier alpha value is -3.19. The summed E-state index contributed by atoms with van der Waals surface area (Å²) >= 11 is 6.11. The van der Waals surface area contributed by atoms with Crippen molar-refractivity contribution in [2.75, 3.05) is 52.4 Å². The molecule has 8 heteroatoms. The van der Waals surface area contributed by atoms with Crippen molar-refractivity contribution in [3.05, 3.63) is 53.2 Å². The number of amides is 1.